The third-order valence-electron chi connectivity index (χ3n) is 7.59. The Morgan fingerprint density at radius 1 is 0.818 bits per heavy atom. The first-order chi connectivity index (χ1) is 20.5. The van der Waals surface area contributed by atoms with Crippen LogP contribution in [0, 0.1) is 5.41 Å². The van der Waals surface area contributed by atoms with Crippen LogP contribution < -0.4 is 5.73 Å². The molecule has 1 aromatic carbocycles. The summed E-state index contributed by atoms with van der Waals surface area (Å²) >= 11 is 0. The second kappa shape index (κ2) is 16.4. The smallest absolute Gasteiger partial charge is 0.410 e. The lowest BCUT2D eigenvalue weighted by Crippen LogP contribution is -2.56. The minimum absolute atomic E-state index is 0.0336. The summed E-state index contributed by atoms with van der Waals surface area (Å²) in [6.07, 6.45) is 3.70. The van der Waals surface area contributed by atoms with E-state index in [1.165, 1.54) is 0 Å². The van der Waals surface area contributed by atoms with Gasteiger partial charge in [0, 0.05) is 50.3 Å². The van der Waals surface area contributed by atoms with E-state index in [1.54, 1.807) is 9.80 Å². The maximum absolute atomic E-state index is 12.4. The number of esters is 1. The molecule has 0 radical (unpaired) electrons. The average molecular weight is 622 g/mol. The number of nitrogens with two attached hydrogens (primary N) is 1. The maximum atomic E-state index is 12.4. The largest absolute Gasteiger partial charge is 0.461 e. The van der Waals surface area contributed by atoms with E-state index < -0.39 is 22.2 Å². The molecule has 0 bridgehead atoms. The SMILES string of the molecule is CC(C)(C)OC(=O)N1CCCC(CCO)(CC(=O)OCc2ccccc2)C1.CC(C)(C)OC(=O)N1CCCC(N)(CCO)C1. The Bertz CT molecular complexity index is 1050. The van der Waals surface area contributed by atoms with Crippen molar-refractivity contribution < 1.29 is 38.8 Å². The van der Waals surface area contributed by atoms with Gasteiger partial charge in [0.05, 0.1) is 6.42 Å². The van der Waals surface area contributed by atoms with E-state index in [0.717, 1.165) is 31.2 Å². The number of carbonyl (C=O) groups excluding carboxylic acids is 3. The van der Waals surface area contributed by atoms with Gasteiger partial charge in [-0.05, 0) is 85.6 Å². The molecule has 2 aliphatic heterocycles. The third kappa shape index (κ3) is 13.4. The van der Waals surface area contributed by atoms with E-state index in [1.807, 2.05) is 71.9 Å². The van der Waals surface area contributed by atoms with Gasteiger partial charge in [-0.25, -0.2) is 9.59 Å². The van der Waals surface area contributed by atoms with E-state index >= 15 is 0 Å². The van der Waals surface area contributed by atoms with E-state index in [4.69, 9.17) is 25.1 Å². The number of piperidine rings is 2. The highest BCUT2D eigenvalue weighted by Crippen LogP contribution is 2.37. The van der Waals surface area contributed by atoms with Crippen LogP contribution >= 0.6 is 0 Å². The molecular formula is C33H55N3O8. The average Bonchev–Trinajstić information content (AvgIpc) is 2.91. The third-order valence-corrected chi connectivity index (χ3v) is 7.59. The molecule has 44 heavy (non-hydrogen) atoms. The van der Waals surface area contributed by atoms with Gasteiger partial charge in [0.1, 0.15) is 17.8 Å². The summed E-state index contributed by atoms with van der Waals surface area (Å²) in [5.74, 6) is -0.307. The molecule has 1 aromatic rings. The molecule has 0 aromatic heterocycles. The van der Waals surface area contributed by atoms with Crippen molar-refractivity contribution in [1.29, 1.82) is 0 Å². The van der Waals surface area contributed by atoms with E-state index in [0.29, 0.717) is 39.0 Å². The molecule has 11 nitrogen and oxygen atoms in total. The molecule has 2 unspecified atom stereocenters. The van der Waals surface area contributed by atoms with E-state index in [-0.39, 0.29) is 44.4 Å². The topological polar surface area (TPSA) is 152 Å². The van der Waals surface area contributed by atoms with Gasteiger partial charge in [-0.15, -0.1) is 0 Å². The van der Waals surface area contributed by atoms with Crippen molar-refractivity contribution in [3.05, 3.63) is 35.9 Å². The van der Waals surface area contributed by atoms with Crippen LogP contribution in [-0.4, -0.2) is 94.3 Å². The van der Waals surface area contributed by atoms with Crippen molar-refractivity contribution in [3.63, 3.8) is 0 Å². The Labute approximate surface area is 263 Å². The zero-order valence-corrected chi connectivity index (χ0v) is 27.6. The van der Waals surface area contributed by atoms with Crippen molar-refractivity contribution in [3.8, 4) is 0 Å². The standard InChI is InChI=1S/C21H31NO5.C12H24N2O3/c1-20(2,3)27-19(25)22-12-7-10-21(16-22,11-13-23)14-18(24)26-15-17-8-5-4-6-9-17;1-11(2,3)17-10(16)14-7-4-5-12(13,9-14)6-8-15/h4-6,8-9,23H,7,10-16H2,1-3H3;15H,4-9,13H2,1-3H3. The predicted molar refractivity (Wildman–Crippen MR) is 168 cm³/mol. The highest BCUT2D eigenvalue weighted by molar-refractivity contribution is 5.71. The number of likely N-dealkylation sites (tertiary alicyclic amines) is 2. The maximum Gasteiger partial charge on any atom is 0.410 e. The number of aliphatic hydroxyl groups is 2. The molecule has 2 atom stereocenters. The molecule has 2 heterocycles. The van der Waals surface area contributed by atoms with Crippen molar-refractivity contribution in [2.24, 2.45) is 11.1 Å². The molecule has 11 heteroatoms. The lowest BCUT2D eigenvalue weighted by Gasteiger charge is -2.42. The summed E-state index contributed by atoms with van der Waals surface area (Å²) in [6.45, 7) is 13.4. The first-order valence-corrected chi connectivity index (χ1v) is 15.6. The van der Waals surface area contributed by atoms with Gasteiger partial charge >= 0.3 is 18.2 Å². The lowest BCUT2D eigenvalue weighted by molar-refractivity contribution is -0.149. The molecule has 2 fully saturated rings. The molecule has 2 aliphatic rings. The summed E-state index contributed by atoms with van der Waals surface area (Å²) in [6, 6.07) is 9.52. The van der Waals surface area contributed by atoms with Gasteiger partial charge in [0.15, 0.2) is 0 Å². The number of amides is 2. The van der Waals surface area contributed by atoms with Crippen LogP contribution in [0.25, 0.3) is 0 Å². The molecular weight excluding hydrogens is 566 g/mol. The first-order valence-electron chi connectivity index (χ1n) is 15.6. The van der Waals surface area contributed by atoms with Gasteiger partial charge in [-0.1, -0.05) is 30.3 Å². The molecule has 2 saturated heterocycles. The molecule has 0 spiro atoms. The zero-order chi connectivity index (χ0) is 33.0. The van der Waals surface area contributed by atoms with Gasteiger partial charge in [0.2, 0.25) is 0 Å². The highest BCUT2D eigenvalue weighted by atomic mass is 16.6. The van der Waals surface area contributed by atoms with Crippen LogP contribution in [-0.2, 0) is 25.6 Å². The molecule has 4 N–H and O–H groups in total. The summed E-state index contributed by atoms with van der Waals surface area (Å²) in [4.78, 5) is 40.0. The molecule has 0 aliphatic carbocycles. The van der Waals surface area contributed by atoms with Gasteiger partial charge in [0.25, 0.3) is 0 Å². The number of ether oxygens (including phenoxy) is 3. The molecule has 3 rings (SSSR count). The Kier molecular flexibility index (Phi) is 13.9. The summed E-state index contributed by atoms with van der Waals surface area (Å²) < 4.78 is 16.2. The number of aliphatic hydroxyl groups excluding tert-OH is 2. The van der Waals surface area contributed by atoms with E-state index in [2.05, 4.69) is 0 Å². The van der Waals surface area contributed by atoms with Crippen LogP contribution in [0.1, 0.15) is 92.1 Å². The van der Waals surface area contributed by atoms with Gasteiger partial charge < -0.3 is 40.0 Å². The Balaban J connectivity index is 0.000000342. The lowest BCUT2D eigenvalue weighted by atomic mass is 9.74. The van der Waals surface area contributed by atoms with Crippen LogP contribution in [0.5, 0.6) is 0 Å². The summed E-state index contributed by atoms with van der Waals surface area (Å²) in [5.41, 5.74) is 5.09. The van der Waals surface area contributed by atoms with Crippen molar-refractivity contribution >= 4 is 18.2 Å². The van der Waals surface area contributed by atoms with Crippen LogP contribution in [0.4, 0.5) is 9.59 Å². The minimum Gasteiger partial charge on any atom is -0.461 e. The monoisotopic (exact) mass is 621 g/mol. The molecule has 0 saturated carbocycles. The zero-order valence-electron chi connectivity index (χ0n) is 27.6. The predicted octanol–water partition coefficient (Wildman–Crippen LogP) is 4.62. The van der Waals surface area contributed by atoms with Crippen molar-refractivity contribution in [2.75, 3.05) is 39.4 Å². The van der Waals surface area contributed by atoms with Crippen molar-refractivity contribution in [2.45, 2.75) is 110 Å². The first kappa shape index (κ1) is 37.3. The number of benzene rings is 1. The van der Waals surface area contributed by atoms with Crippen LogP contribution in [0.15, 0.2) is 30.3 Å². The second-order valence-electron chi connectivity index (χ2n) is 14.1. The number of hydrogen-bond donors (Lipinski definition) is 3. The number of carbonyl (C=O) groups is 3. The summed E-state index contributed by atoms with van der Waals surface area (Å²) in [7, 11) is 0. The molecule has 250 valence electrons. The Morgan fingerprint density at radius 3 is 1.86 bits per heavy atom. The minimum atomic E-state index is -0.567. The van der Waals surface area contributed by atoms with Crippen LogP contribution in [0.2, 0.25) is 0 Å². The van der Waals surface area contributed by atoms with Crippen LogP contribution in [0.3, 0.4) is 0 Å². The van der Waals surface area contributed by atoms with E-state index in [9.17, 15) is 19.5 Å². The Hall–Kier alpha value is -2.89. The van der Waals surface area contributed by atoms with Crippen molar-refractivity contribution in [1.82, 2.24) is 9.80 Å². The fourth-order valence-electron chi connectivity index (χ4n) is 5.53. The number of hydrogen-bond acceptors (Lipinski definition) is 9. The fourth-order valence-corrected chi connectivity index (χ4v) is 5.53. The number of nitrogens with zero attached hydrogens (tertiary/aromatic N) is 2. The van der Waals surface area contributed by atoms with Gasteiger partial charge in [-0.3, -0.25) is 4.79 Å². The number of rotatable bonds is 8. The second-order valence-corrected chi connectivity index (χ2v) is 14.1. The highest BCUT2D eigenvalue weighted by Gasteiger charge is 2.40. The van der Waals surface area contributed by atoms with Gasteiger partial charge in [-0.2, -0.15) is 0 Å². The quantitative estimate of drug-likeness (QED) is 0.279. The summed E-state index contributed by atoms with van der Waals surface area (Å²) in [5, 5.41) is 18.5. The Morgan fingerprint density at radius 2 is 1.34 bits per heavy atom. The normalized spacial score (nSPS) is 22.4. The molecule has 2 amide bonds. The fraction of sp³-hybridized carbons (Fsp3) is 0.727.